The second-order valence-electron chi connectivity index (χ2n) is 5.24. The van der Waals surface area contributed by atoms with Crippen LogP contribution in [0.1, 0.15) is 5.56 Å². The van der Waals surface area contributed by atoms with Crippen molar-refractivity contribution in [1.29, 1.82) is 0 Å². The Kier molecular flexibility index (Phi) is 4.96. The predicted molar refractivity (Wildman–Crippen MR) is 102 cm³/mol. The van der Waals surface area contributed by atoms with Gasteiger partial charge in [-0.2, -0.15) is 0 Å². The maximum atomic E-state index is 12.3. The Hall–Kier alpha value is -2.59. The van der Waals surface area contributed by atoms with E-state index in [0.29, 0.717) is 5.75 Å². The first-order valence-electron chi connectivity index (χ1n) is 7.48. The van der Waals surface area contributed by atoms with E-state index in [1.807, 2.05) is 60.7 Å². The molecule has 0 aliphatic heterocycles. The van der Waals surface area contributed by atoms with Crippen LogP contribution in [0.4, 0.5) is 5.69 Å². The molecule has 0 heterocycles. The molecule has 3 rings (SSSR count). The van der Waals surface area contributed by atoms with Crippen molar-refractivity contribution >= 4 is 44.4 Å². The first-order valence-corrected chi connectivity index (χ1v) is 8.27. The van der Waals surface area contributed by atoms with Crippen molar-refractivity contribution in [1.82, 2.24) is 0 Å². The minimum atomic E-state index is -0.187. The topological polar surface area (TPSA) is 38.3 Å². The average molecular weight is 382 g/mol. The summed E-state index contributed by atoms with van der Waals surface area (Å²) in [6.07, 6.45) is 3.25. The highest BCUT2D eigenvalue weighted by molar-refractivity contribution is 9.10. The molecule has 3 nitrogen and oxygen atoms in total. The van der Waals surface area contributed by atoms with E-state index < -0.39 is 0 Å². The molecule has 120 valence electrons. The molecule has 0 saturated heterocycles. The molecule has 0 saturated carbocycles. The number of fused-ring (bicyclic) bond motifs is 1. The van der Waals surface area contributed by atoms with Gasteiger partial charge in [0.1, 0.15) is 5.75 Å². The quantitative estimate of drug-likeness (QED) is 0.625. The van der Waals surface area contributed by atoms with E-state index in [1.165, 1.54) is 6.08 Å². The summed E-state index contributed by atoms with van der Waals surface area (Å²) >= 11 is 3.42. The second-order valence-corrected chi connectivity index (χ2v) is 6.15. The molecule has 3 aromatic rings. The fourth-order valence-corrected chi connectivity index (χ4v) is 2.89. The fraction of sp³-hybridized carbons (Fsp3) is 0.0500. The molecule has 0 fully saturated rings. The number of ether oxygens (including phenoxy) is 1. The molecule has 0 spiro atoms. The third kappa shape index (κ3) is 3.66. The number of benzene rings is 3. The summed E-state index contributed by atoms with van der Waals surface area (Å²) in [5, 5.41) is 5.04. The zero-order valence-corrected chi connectivity index (χ0v) is 14.7. The number of halogens is 1. The van der Waals surface area contributed by atoms with Crippen molar-refractivity contribution < 1.29 is 9.53 Å². The van der Waals surface area contributed by atoms with E-state index in [9.17, 15) is 4.79 Å². The molecule has 1 N–H and O–H groups in total. The number of amides is 1. The maximum Gasteiger partial charge on any atom is 0.248 e. The highest BCUT2D eigenvalue weighted by Crippen LogP contribution is 2.25. The van der Waals surface area contributed by atoms with Gasteiger partial charge < -0.3 is 10.1 Å². The SMILES string of the molecule is COc1ccc(Br)cc1/C=C/C(=O)Nc1cccc2ccccc12. The lowest BCUT2D eigenvalue weighted by Crippen LogP contribution is -2.08. The first-order chi connectivity index (χ1) is 11.7. The van der Waals surface area contributed by atoms with Gasteiger partial charge in [0, 0.05) is 27.2 Å². The Morgan fingerprint density at radius 3 is 2.71 bits per heavy atom. The Morgan fingerprint density at radius 2 is 1.88 bits per heavy atom. The van der Waals surface area contributed by atoms with Gasteiger partial charge in [0.2, 0.25) is 5.91 Å². The van der Waals surface area contributed by atoms with Crippen LogP contribution in [0.25, 0.3) is 16.8 Å². The van der Waals surface area contributed by atoms with Crippen LogP contribution >= 0.6 is 15.9 Å². The second kappa shape index (κ2) is 7.32. The number of nitrogens with one attached hydrogen (secondary N) is 1. The van der Waals surface area contributed by atoms with Crippen molar-refractivity contribution in [2.75, 3.05) is 12.4 Å². The van der Waals surface area contributed by atoms with Crippen LogP contribution in [0, 0.1) is 0 Å². The minimum Gasteiger partial charge on any atom is -0.496 e. The van der Waals surface area contributed by atoms with E-state index >= 15 is 0 Å². The average Bonchev–Trinajstić information content (AvgIpc) is 2.60. The van der Waals surface area contributed by atoms with Crippen molar-refractivity contribution in [2.24, 2.45) is 0 Å². The van der Waals surface area contributed by atoms with Crippen LogP contribution in [0.2, 0.25) is 0 Å². The van der Waals surface area contributed by atoms with E-state index in [2.05, 4.69) is 21.2 Å². The zero-order chi connectivity index (χ0) is 16.9. The molecule has 0 unspecified atom stereocenters. The van der Waals surface area contributed by atoms with Crippen molar-refractivity contribution in [3.63, 3.8) is 0 Å². The highest BCUT2D eigenvalue weighted by Gasteiger charge is 2.04. The van der Waals surface area contributed by atoms with Crippen LogP contribution in [0.15, 0.2) is 71.2 Å². The lowest BCUT2D eigenvalue weighted by Gasteiger charge is -2.07. The summed E-state index contributed by atoms with van der Waals surface area (Å²) in [7, 11) is 1.61. The highest BCUT2D eigenvalue weighted by atomic mass is 79.9. The van der Waals surface area contributed by atoms with Crippen molar-refractivity contribution in [3.05, 3.63) is 76.8 Å². The molecule has 1 amide bonds. The predicted octanol–water partition coefficient (Wildman–Crippen LogP) is 5.26. The molecule has 0 atom stereocenters. The number of hydrogen-bond donors (Lipinski definition) is 1. The standard InChI is InChI=1S/C20H16BrNO2/c1-24-19-11-10-16(21)13-15(19)9-12-20(23)22-18-8-4-6-14-5-2-3-7-17(14)18/h2-13H,1H3,(H,22,23)/b12-9+. The summed E-state index contributed by atoms with van der Waals surface area (Å²) < 4.78 is 6.23. The molecule has 0 aliphatic rings. The summed E-state index contributed by atoms with van der Waals surface area (Å²) in [5.41, 5.74) is 1.63. The van der Waals surface area contributed by atoms with Gasteiger partial charge in [0.15, 0.2) is 0 Å². The van der Waals surface area contributed by atoms with E-state index in [1.54, 1.807) is 13.2 Å². The Bertz CT molecular complexity index is 913. The fourth-order valence-electron chi connectivity index (χ4n) is 2.51. The number of methoxy groups -OCH3 is 1. The smallest absolute Gasteiger partial charge is 0.248 e. The van der Waals surface area contributed by atoms with Crippen LogP contribution in [-0.2, 0) is 4.79 Å². The zero-order valence-electron chi connectivity index (χ0n) is 13.1. The largest absolute Gasteiger partial charge is 0.496 e. The molecule has 0 aliphatic carbocycles. The van der Waals surface area contributed by atoms with Crippen LogP contribution < -0.4 is 10.1 Å². The molecule has 3 aromatic carbocycles. The summed E-state index contributed by atoms with van der Waals surface area (Å²) in [6.45, 7) is 0. The summed E-state index contributed by atoms with van der Waals surface area (Å²) in [4.78, 5) is 12.3. The lowest BCUT2D eigenvalue weighted by molar-refractivity contribution is -0.111. The van der Waals surface area contributed by atoms with Gasteiger partial charge in [-0.1, -0.05) is 52.3 Å². The molecule has 0 bridgehead atoms. The Labute approximate surface area is 149 Å². The summed E-state index contributed by atoms with van der Waals surface area (Å²) in [5.74, 6) is 0.529. The van der Waals surface area contributed by atoms with Crippen molar-refractivity contribution in [3.8, 4) is 5.75 Å². The van der Waals surface area contributed by atoms with Gasteiger partial charge in [-0.25, -0.2) is 0 Å². The van der Waals surface area contributed by atoms with Gasteiger partial charge in [0.25, 0.3) is 0 Å². The van der Waals surface area contributed by atoms with E-state index in [0.717, 1.165) is 26.5 Å². The van der Waals surface area contributed by atoms with Gasteiger partial charge in [-0.15, -0.1) is 0 Å². The molecular formula is C20H16BrNO2. The van der Waals surface area contributed by atoms with Gasteiger partial charge in [-0.05, 0) is 35.7 Å². The first kappa shape index (κ1) is 16.3. The van der Waals surface area contributed by atoms with Gasteiger partial charge >= 0.3 is 0 Å². The number of carbonyl (C=O) groups excluding carboxylic acids is 1. The Balaban J connectivity index is 1.82. The van der Waals surface area contributed by atoms with Crippen LogP contribution in [-0.4, -0.2) is 13.0 Å². The monoisotopic (exact) mass is 381 g/mol. The number of carbonyl (C=O) groups is 1. The molecule has 0 radical (unpaired) electrons. The van der Waals surface area contributed by atoms with Crippen molar-refractivity contribution in [2.45, 2.75) is 0 Å². The third-order valence-corrected chi connectivity index (χ3v) is 4.15. The summed E-state index contributed by atoms with van der Waals surface area (Å²) in [6, 6.07) is 19.5. The maximum absolute atomic E-state index is 12.3. The number of anilines is 1. The van der Waals surface area contributed by atoms with Gasteiger partial charge in [-0.3, -0.25) is 4.79 Å². The Morgan fingerprint density at radius 1 is 1.08 bits per heavy atom. The molecule has 4 heteroatoms. The van der Waals surface area contributed by atoms with E-state index in [-0.39, 0.29) is 5.91 Å². The lowest BCUT2D eigenvalue weighted by atomic mass is 10.1. The molecular weight excluding hydrogens is 366 g/mol. The van der Waals surface area contributed by atoms with Gasteiger partial charge in [0.05, 0.1) is 7.11 Å². The normalized spacial score (nSPS) is 10.9. The molecule has 24 heavy (non-hydrogen) atoms. The number of rotatable bonds is 4. The number of hydrogen-bond acceptors (Lipinski definition) is 2. The minimum absolute atomic E-state index is 0.187. The molecule has 0 aromatic heterocycles. The van der Waals surface area contributed by atoms with Crippen LogP contribution in [0.3, 0.4) is 0 Å². The van der Waals surface area contributed by atoms with Crippen LogP contribution in [0.5, 0.6) is 5.75 Å². The third-order valence-electron chi connectivity index (χ3n) is 3.65. The van der Waals surface area contributed by atoms with E-state index in [4.69, 9.17) is 4.74 Å².